The lowest BCUT2D eigenvalue weighted by Gasteiger charge is -2.06. The van der Waals surface area contributed by atoms with E-state index in [1.54, 1.807) is 18.2 Å². The summed E-state index contributed by atoms with van der Waals surface area (Å²) in [4.78, 5) is 22.7. The number of hydrogen-bond acceptors (Lipinski definition) is 5. The largest absolute Gasteiger partial charge is 0.496 e. The predicted octanol–water partition coefficient (Wildman–Crippen LogP) is 2.34. The van der Waals surface area contributed by atoms with E-state index >= 15 is 0 Å². The van der Waals surface area contributed by atoms with Crippen LogP contribution in [0.2, 0.25) is 0 Å². The molecule has 0 bridgehead atoms. The first kappa shape index (κ1) is 20.3. The first-order valence-electron chi connectivity index (χ1n) is 8.00. The van der Waals surface area contributed by atoms with Gasteiger partial charge in [0.05, 0.1) is 18.4 Å². The molecule has 142 valence electrons. The number of rotatable bonds is 9. The zero-order valence-electron chi connectivity index (χ0n) is 14.6. The third kappa shape index (κ3) is 5.77. The molecule has 0 aliphatic heterocycles. The summed E-state index contributed by atoms with van der Waals surface area (Å²) in [5.74, 6) is -0.750. The van der Waals surface area contributed by atoms with Crippen LogP contribution >= 0.6 is 0 Å². The number of benzene rings is 2. The van der Waals surface area contributed by atoms with Crippen molar-refractivity contribution in [3.05, 3.63) is 65.7 Å². The van der Waals surface area contributed by atoms with Crippen molar-refractivity contribution in [1.82, 2.24) is 4.72 Å². The maximum atomic E-state index is 12.3. The number of carboxylic acid groups (broad SMARTS) is 1. The number of ether oxygens (including phenoxy) is 1. The van der Waals surface area contributed by atoms with Crippen molar-refractivity contribution in [2.45, 2.75) is 11.3 Å². The molecular weight excluding hydrogens is 370 g/mol. The maximum Gasteiger partial charge on any atom is 0.304 e. The Labute approximate surface area is 157 Å². The Morgan fingerprint density at radius 3 is 2.41 bits per heavy atom. The molecule has 2 aromatic rings. The van der Waals surface area contributed by atoms with Crippen molar-refractivity contribution in [3.63, 3.8) is 0 Å². The fourth-order valence-electron chi connectivity index (χ4n) is 2.24. The highest BCUT2D eigenvalue weighted by Crippen LogP contribution is 2.19. The minimum Gasteiger partial charge on any atom is -0.496 e. The number of carboxylic acids is 1. The van der Waals surface area contributed by atoms with Crippen LogP contribution in [-0.2, 0) is 14.8 Å². The molecule has 2 aromatic carbocycles. The fourth-order valence-corrected chi connectivity index (χ4v) is 3.27. The molecule has 0 spiro atoms. The summed E-state index contributed by atoms with van der Waals surface area (Å²) in [6, 6.07) is 12.6. The van der Waals surface area contributed by atoms with E-state index in [9.17, 15) is 18.0 Å². The van der Waals surface area contributed by atoms with Gasteiger partial charge in [0.15, 0.2) is 5.78 Å². The van der Waals surface area contributed by atoms with Gasteiger partial charge in [0.2, 0.25) is 10.0 Å². The number of aliphatic carboxylic acids is 1. The van der Waals surface area contributed by atoms with Crippen molar-refractivity contribution in [1.29, 1.82) is 0 Å². The zero-order valence-corrected chi connectivity index (χ0v) is 15.4. The van der Waals surface area contributed by atoms with E-state index in [2.05, 4.69) is 4.72 Å². The van der Waals surface area contributed by atoms with Crippen LogP contribution in [0.1, 0.15) is 22.3 Å². The molecule has 0 saturated heterocycles. The van der Waals surface area contributed by atoms with Crippen molar-refractivity contribution >= 4 is 27.9 Å². The van der Waals surface area contributed by atoms with Gasteiger partial charge < -0.3 is 9.84 Å². The minimum atomic E-state index is -3.82. The van der Waals surface area contributed by atoms with Crippen molar-refractivity contribution in [2.75, 3.05) is 13.7 Å². The van der Waals surface area contributed by atoms with Gasteiger partial charge in [-0.3, -0.25) is 9.59 Å². The number of carbonyl (C=O) groups is 2. The standard InChI is InChI=1S/C19H19NO6S/c1-26-18-5-3-2-4-15(18)8-11-17(21)14-6-9-16(10-7-14)27(24,25)20-13-12-19(22)23/h2-11,20H,12-13H2,1H3,(H,22,23)/b11-8+. The average Bonchev–Trinajstić information content (AvgIpc) is 2.66. The SMILES string of the molecule is COc1ccccc1/C=C/C(=O)c1ccc(S(=O)(=O)NCCC(=O)O)cc1. The summed E-state index contributed by atoms with van der Waals surface area (Å²) < 4.78 is 31.5. The minimum absolute atomic E-state index is 0.0434. The lowest BCUT2D eigenvalue weighted by Crippen LogP contribution is -2.26. The summed E-state index contributed by atoms with van der Waals surface area (Å²) in [6.45, 7) is -0.208. The maximum absolute atomic E-state index is 12.3. The van der Waals surface area contributed by atoms with E-state index in [4.69, 9.17) is 9.84 Å². The van der Waals surface area contributed by atoms with Crippen LogP contribution in [-0.4, -0.2) is 38.9 Å². The second-order valence-corrected chi connectivity index (χ2v) is 7.27. The van der Waals surface area contributed by atoms with Crippen molar-refractivity contribution in [2.24, 2.45) is 0 Å². The molecule has 0 aliphatic carbocycles. The van der Waals surface area contributed by atoms with Crippen LogP contribution in [0.25, 0.3) is 6.08 Å². The van der Waals surface area contributed by atoms with Gasteiger partial charge in [0.1, 0.15) is 5.75 Å². The lowest BCUT2D eigenvalue weighted by molar-refractivity contribution is -0.136. The second-order valence-electron chi connectivity index (χ2n) is 5.51. The Hall–Kier alpha value is -2.97. The number of hydrogen-bond donors (Lipinski definition) is 2. The van der Waals surface area contributed by atoms with E-state index in [0.29, 0.717) is 11.3 Å². The van der Waals surface area contributed by atoms with Gasteiger partial charge in [0, 0.05) is 17.7 Å². The summed E-state index contributed by atoms with van der Waals surface area (Å²) in [7, 11) is -2.28. The van der Waals surface area contributed by atoms with Crippen molar-refractivity contribution < 1.29 is 27.9 Å². The van der Waals surface area contributed by atoms with Crippen LogP contribution in [0.5, 0.6) is 5.75 Å². The molecule has 0 atom stereocenters. The van der Waals surface area contributed by atoms with Crippen molar-refractivity contribution in [3.8, 4) is 5.75 Å². The Balaban J connectivity index is 2.09. The number of sulfonamides is 1. The quantitative estimate of drug-likeness (QED) is 0.503. The molecule has 0 aromatic heterocycles. The predicted molar refractivity (Wildman–Crippen MR) is 100 cm³/mol. The van der Waals surface area contributed by atoms with Crippen LogP contribution in [0.3, 0.4) is 0 Å². The number of allylic oxidation sites excluding steroid dienone is 1. The molecule has 7 nitrogen and oxygen atoms in total. The lowest BCUT2D eigenvalue weighted by atomic mass is 10.1. The first-order valence-corrected chi connectivity index (χ1v) is 9.49. The van der Waals surface area contributed by atoms with Crippen LogP contribution in [0, 0.1) is 0 Å². The Morgan fingerprint density at radius 2 is 1.78 bits per heavy atom. The molecule has 2 rings (SSSR count). The molecule has 8 heteroatoms. The van der Waals surface area contributed by atoms with Crippen LogP contribution < -0.4 is 9.46 Å². The third-order valence-corrected chi connectivity index (χ3v) is 5.11. The molecule has 0 heterocycles. The topological polar surface area (TPSA) is 110 Å². The normalized spacial score (nSPS) is 11.4. The molecule has 27 heavy (non-hydrogen) atoms. The summed E-state index contributed by atoms with van der Waals surface area (Å²) >= 11 is 0. The molecule has 0 aliphatic rings. The Morgan fingerprint density at radius 1 is 1.11 bits per heavy atom. The smallest absolute Gasteiger partial charge is 0.304 e. The van der Waals surface area contributed by atoms with E-state index in [1.807, 2.05) is 12.1 Å². The van der Waals surface area contributed by atoms with Gasteiger partial charge in [0.25, 0.3) is 0 Å². The van der Waals surface area contributed by atoms with E-state index in [0.717, 1.165) is 5.56 Å². The highest BCUT2D eigenvalue weighted by molar-refractivity contribution is 7.89. The molecular formula is C19H19NO6S. The van der Waals surface area contributed by atoms with Gasteiger partial charge >= 0.3 is 5.97 Å². The highest BCUT2D eigenvalue weighted by Gasteiger charge is 2.14. The van der Waals surface area contributed by atoms with Gasteiger partial charge in [-0.1, -0.05) is 18.2 Å². The molecule has 0 amide bonds. The number of ketones is 1. The summed E-state index contributed by atoms with van der Waals surface area (Å²) in [5, 5.41) is 8.56. The fraction of sp³-hybridized carbons (Fsp3) is 0.158. The highest BCUT2D eigenvalue weighted by atomic mass is 32.2. The number of para-hydroxylation sites is 1. The Kier molecular flexibility index (Phi) is 6.86. The molecule has 0 radical (unpaired) electrons. The summed E-state index contributed by atoms with van der Waals surface area (Å²) in [6.07, 6.45) is 2.69. The van der Waals surface area contributed by atoms with Gasteiger partial charge in [-0.05, 0) is 42.5 Å². The monoisotopic (exact) mass is 389 g/mol. The van der Waals surface area contributed by atoms with E-state index in [1.165, 1.54) is 37.5 Å². The van der Waals surface area contributed by atoms with Gasteiger partial charge in [-0.25, -0.2) is 13.1 Å². The Bertz CT molecular complexity index is 948. The van der Waals surface area contributed by atoms with E-state index in [-0.39, 0.29) is 23.6 Å². The third-order valence-electron chi connectivity index (χ3n) is 3.63. The number of methoxy groups -OCH3 is 1. The molecule has 0 fully saturated rings. The van der Waals surface area contributed by atoms with Gasteiger partial charge in [-0.15, -0.1) is 0 Å². The van der Waals surface area contributed by atoms with Crippen LogP contribution in [0.4, 0.5) is 0 Å². The molecule has 0 saturated carbocycles. The number of carbonyl (C=O) groups excluding carboxylic acids is 1. The van der Waals surface area contributed by atoms with Gasteiger partial charge in [-0.2, -0.15) is 0 Å². The van der Waals surface area contributed by atoms with Crippen LogP contribution in [0.15, 0.2) is 59.5 Å². The molecule has 2 N–H and O–H groups in total. The average molecular weight is 389 g/mol. The van der Waals surface area contributed by atoms with E-state index < -0.39 is 16.0 Å². The number of nitrogens with one attached hydrogen (secondary N) is 1. The molecule has 0 unspecified atom stereocenters. The first-order chi connectivity index (χ1) is 12.8. The zero-order chi connectivity index (χ0) is 19.9. The summed E-state index contributed by atoms with van der Waals surface area (Å²) in [5.41, 5.74) is 1.07. The second kappa shape index (κ2) is 9.11.